The lowest BCUT2D eigenvalue weighted by molar-refractivity contribution is 0.131. The number of aliphatic imine (C=N–C) groups is 1. The predicted molar refractivity (Wildman–Crippen MR) is 106 cm³/mol. The van der Waals surface area contributed by atoms with E-state index in [1.807, 2.05) is 0 Å². The molecule has 0 spiro atoms. The lowest BCUT2D eigenvalue weighted by atomic mass is 9.82. The average Bonchev–Trinajstić information content (AvgIpc) is 3.32. The van der Waals surface area contributed by atoms with Gasteiger partial charge in [0.2, 0.25) is 0 Å². The summed E-state index contributed by atoms with van der Waals surface area (Å²) in [6.07, 6.45) is 5.34. The van der Waals surface area contributed by atoms with Crippen molar-refractivity contribution in [2.75, 3.05) is 13.2 Å². The van der Waals surface area contributed by atoms with Gasteiger partial charge in [-0.25, -0.2) is 0 Å². The summed E-state index contributed by atoms with van der Waals surface area (Å²) in [5, 5.41) is 3.68. The van der Waals surface area contributed by atoms with E-state index in [0.717, 1.165) is 18.4 Å². The van der Waals surface area contributed by atoms with E-state index in [4.69, 9.17) is 9.73 Å². The molecule has 1 aliphatic heterocycles. The van der Waals surface area contributed by atoms with Crippen molar-refractivity contribution >= 4 is 5.84 Å². The third-order valence-corrected chi connectivity index (χ3v) is 5.79. The summed E-state index contributed by atoms with van der Waals surface area (Å²) in [4.78, 5) is 5.03. The summed E-state index contributed by atoms with van der Waals surface area (Å²) in [6.45, 7) is 3.68. The Labute approximate surface area is 156 Å². The molecule has 0 radical (unpaired) electrons. The highest BCUT2D eigenvalue weighted by Gasteiger charge is 2.42. The summed E-state index contributed by atoms with van der Waals surface area (Å²) in [5.74, 6) is 1.70. The van der Waals surface area contributed by atoms with Gasteiger partial charge in [0, 0.05) is 6.61 Å². The second kappa shape index (κ2) is 7.63. The monoisotopic (exact) mass is 348 g/mol. The van der Waals surface area contributed by atoms with Crippen molar-refractivity contribution in [3.63, 3.8) is 0 Å². The number of amidine groups is 1. The summed E-state index contributed by atoms with van der Waals surface area (Å²) in [6, 6.07) is 21.2. The number of benzene rings is 2. The highest BCUT2D eigenvalue weighted by Crippen LogP contribution is 2.41. The highest BCUT2D eigenvalue weighted by molar-refractivity contribution is 5.87. The van der Waals surface area contributed by atoms with E-state index in [2.05, 4.69) is 72.9 Å². The van der Waals surface area contributed by atoms with E-state index in [0.29, 0.717) is 6.61 Å². The molecule has 1 aliphatic carbocycles. The first-order valence-corrected chi connectivity index (χ1v) is 9.79. The Bertz CT molecular complexity index is 737. The van der Waals surface area contributed by atoms with Crippen molar-refractivity contribution < 1.29 is 4.74 Å². The molecule has 0 unspecified atom stereocenters. The van der Waals surface area contributed by atoms with Gasteiger partial charge in [-0.1, -0.05) is 73.5 Å². The van der Waals surface area contributed by atoms with E-state index >= 15 is 0 Å². The van der Waals surface area contributed by atoms with Crippen LogP contribution in [-0.2, 0) is 10.3 Å². The van der Waals surface area contributed by atoms with E-state index in [9.17, 15) is 0 Å². The molecule has 2 aliphatic rings. The molecule has 2 aromatic carbocycles. The minimum Gasteiger partial charge on any atom is -0.373 e. The summed E-state index contributed by atoms with van der Waals surface area (Å²) in [5.41, 5.74) is 2.23. The molecule has 3 heteroatoms. The first kappa shape index (κ1) is 17.3. The molecule has 26 heavy (non-hydrogen) atoms. The van der Waals surface area contributed by atoms with Gasteiger partial charge in [0.15, 0.2) is 0 Å². The molecule has 1 N–H and O–H groups in total. The molecular formula is C23H28N2O. The van der Waals surface area contributed by atoms with Crippen molar-refractivity contribution in [3.8, 4) is 0 Å². The van der Waals surface area contributed by atoms with Gasteiger partial charge < -0.3 is 10.1 Å². The fraction of sp³-hybridized carbons (Fsp3) is 0.435. The molecule has 136 valence electrons. The molecule has 1 heterocycles. The van der Waals surface area contributed by atoms with Gasteiger partial charge in [0.1, 0.15) is 18.5 Å². The first-order chi connectivity index (χ1) is 12.8. The fourth-order valence-electron chi connectivity index (χ4n) is 4.32. The van der Waals surface area contributed by atoms with Crippen LogP contribution in [0.15, 0.2) is 65.7 Å². The lowest BCUT2D eigenvalue weighted by Crippen LogP contribution is -2.42. The van der Waals surface area contributed by atoms with Gasteiger partial charge in [0.05, 0.1) is 5.54 Å². The number of nitrogens with zero attached hydrogens (tertiary/aromatic N) is 1. The van der Waals surface area contributed by atoms with Crippen LogP contribution in [0.25, 0.3) is 0 Å². The summed E-state index contributed by atoms with van der Waals surface area (Å²) >= 11 is 0. The second-order valence-electron chi connectivity index (χ2n) is 7.75. The molecule has 1 saturated carbocycles. The van der Waals surface area contributed by atoms with Crippen LogP contribution in [0, 0.1) is 5.92 Å². The van der Waals surface area contributed by atoms with Crippen LogP contribution >= 0.6 is 0 Å². The third-order valence-electron chi connectivity index (χ3n) is 5.79. The van der Waals surface area contributed by atoms with E-state index in [-0.39, 0.29) is 11.6 Å². The Balaban J connectivity index is 1.53. The quantitative estimate of drug-likeness (QED) is 0.809. The Morgan fingerprint density at radius 2 is 1.65 bits per heavy atom. The third kappa shape index (κ3) is 3.54. The molecule has 3 nitrogen and oxygen atoms in total. The number of ether oxygens (including phenoxy) is 1. The smallest absolute Gasteiger partial charge is 0.124 e. The number of nitrogens with one attached hydrogen (secondary N) is 1. The molecule has 0 bridgehead atoms. The normalized spacial score (nSPS) is 25.9. The van der Waals surface area contributed by atoms with Crippen molar-refractivity contribution in [3.05, 3.63) is 71.8 Å². The Morgan fingerprint density at radius 1 is 1.00 bits per heavy atom. The van der Waals surface area contributed by atoms with Gasteiger partial charge >= 0.3 is 0 Å². The largest absolute Gasteiger partial charge is 0.373 e. The van der Waals surface area contributed by atoms with Crippen molar-refractivity contribution in [1.29, 1.82) is 0 Å². The average molecular weight is 348 g/mol. The molecule has 0 saturated heterocycles. The number of hydrogen-bond acceptors (Lipinski definition) is 3. The van der Waals surface area contributed by atoms with Gasteiger partial charge in [-0.15, -0.1) is 0 Å². The topological polar surface area (TPSA) is 33.6 Å². The minimum absolute atomic E-state index is 0.0520. The SMILES string of the molecule is C[C@@]1(c2ccccc2)NC(COCC2CCCC2)=N[C@@H]1c1ccccc1. The van der Waals surface area contributed by atoms with Gasteiger partial charge in [0.25, 0.3) is 0 Å². The zero-order valence-corrected chi connectivity index (χ0v) is 15.5. The van der Waals surface area contributed by atoms with E-state index in [1.54, 1.807) is 0 Å². The fourth-order valence-corrected chi connectivity index (χ4v) is 4.32. The maximum Gasteiger partial charge on any atom is 0.124 e. The standard InChI is InChI=1S/C23H28N2O/c1-23(20-14-6-3-7-15-20)22(19-12-4-2-5-13-19)24-21(25-23)17-26-16-18-10-8-9-11-18/h2-7,12-15,18,22H,8-11,16-17H2,1H3,(H,24,25)/t22-,23+/m1/s1. The van der Waals surface area contributed by atoms with Crippen LogP contribution in [0.3, 0.4) is 0 Å². The van der Waals surface area contributed by atoms with Crippen LogP contribution in [0.1, 0.15) is 49.8 Å². The van der Waals surface area contributed by atoms with Crippen LogP contribution in [-0.4, -0.2) is 19.0 Å². The highest BCUT2D eigenvalue weighted by atomic mass is 16.5. The second-order valence-corrected chi connectivity index (χ2v) is 7.75. The Kier molecular flexibility index (Phi) is 5.07. The van der Waals surface area contributed by atoms with Crippen LogP contribution < -0.4 is 5.32 Å². The Hall–Kier alpha value is -2.13. The van der Waals surface area contributed by atoms with Gasteiger partial charge in [-0.2, -0.15) is 0 Å². The number of hydrogen-bond donors (Lipinski definition) is 1. The van der Waals surface area contributed by atoms with Crippen LogP contribution in [0.4, 0.5) is 0 Å². The zero-order chi connectivity index (χ0) is 17.8. The molecule has 1 fully saturated rings. The summed E-state index contributed by atoms with van der Waals surface area (Å²) in [7, 11) is 0. The van der Waals surface area contributed by atoms with E-state index in [1.165, 1.54) is 36.8 Å². The molecule has 2 atom stereocenters. The van der Waals surface area contributed by atoms with Gasteiger partial charge in [-0.05, 0) is 36.8 Å². The molecule has 4 rings (SSSR count). The minimum atomic E-state index is -0.255. The van der Waals surface area contributed by atoms with Crippen molar-refractivity contribution in [2.24, 2.45) is 10.9 Å². The van der Waals surface area contributed by atoms with E-state index < -0.39 is 0 Å². The summed E-state index contributed by atoms with van der Waals surface area (Å²) < 4.78 is 6.02. The molecule has 0 aromatic heterocycles. The van der Waals surface area contributed by atoms with Crippen molar-refractivity contribution in [2.45, 2.75) is 44.2 Å². The number of rotatable bonds is 6. The molecule has 0 amide bonds. The first-order valence-electron chi connectivity index (χ1n) is 9.79. The van der Waals surface area contributed by atoms with Crippen LogP contribution in [0.2, 0.25) is 0 Å². The molecule has 2 aromatic rings. The van der Waals surface area contributed by atoms with Gasteiger partial charge in [-0.3, -0.25) is 4.99 Å². The Morgan fingerprint density at radius 3 is 2.35 bits per heavy atom. The maximum absolute atomic E-state index is 6.02. The maximum atomic E-state index is 6.02. The van der Waals surface area contributed by atoms with Crippen molar-refractivity contribution in [1.82, 2.24) is 5.32 Å². The predicted octanol–water partition coefficient (Wildman–Crippen LogP) is 4.85. The lowest BCUT2D eigenvalue weighted by Gasteiger charge is -2.32. The zero-order valence-electron chi connectivity index (χ0n) is 15.5. The molecular weight excluding hydrogens is 320 g/mol. The van der Waals surface area contributed by atoms with Crippen LogP contribution in [0.5, 0.6) is 0 Å².